The maximum Gasteiger partial charge on any atom is 0.251 e. The Morgan fingerprint density at radius 2 is 2.53 bits per heavy atom. The highest BCUT2D eigenvalue weighted by atomic mass is 16.5. The van der Waals surface area contributed by atoms with Crippen LogP contribution >= 0.6 is 0 Å². The van der Waals surface area contributed by atoms with Crippen LogP contribution in [0.2, 0.25) is 0 Å². The first kappa shape index (κ1) is 13.9. The van der Waals surface area contributed by atoms with Crippen LogP contribution in [0.5, 0.6) is 0 Å². The maximum atomic E-state index is 12.0. The van der Waals surface area contributed by atoms with Crippen LogP contribution in [-0.2, 0) is 11.3 Å². The SMILES string of the molecule is CN1CCOC(CNC(=O)c2ccnc(CN)c2)C1. The predicted octanol–water partition coefficient (Wildman–Crippen LogP) is -0.399. The van der Waals surface area contributed by atoms with Gasteiger partial charge in [-0.2, -0.15) is 0 Å². The number of nitrogens with zero attached hydrogens (tertiary/aromatic N) is 2. The van der Waals surface area contributed by atoms with Crippen molar-refractivity contribution in [1.29, 1.82) is 0 Å². The number of hydrogen-bond donors (Lipinski definition) is 2. The van der Waals surface area contributed by atoms with Crippen LogP contribution in [0.1, 0.15) is 16.1 Å². The van der Waals surface area contributed by atoms with Crippen LogP contribution in [0.25, 0.3) is 0 Å². The van der Waals surface area contributed by atoms with E-state index >= 15 is 0 Å². The van der Waals surface area contributed by atoms with Crippen LogP contribution in [-0.4, -0.2) is 55.2 Å². The summed E-state index contributed by atoms with van der Waals surface area (Å²) in [6.07, 6.45) is 1.65. The summed E-state index contributed by atoms with van der Waals surface area (Å²) in [6, 6.07) is 3.39. The van der Waals surface area contributed by atoms with Gasteiger partial charge in [0.15, 0.2) is 0 Å². The summed E-state index contributed by atoms with van der Waals surface area (Å²) in [4.78, 5) is 18.2. The van der Waals surface area contributed by atoms with Crippen molar-refractivity contribution in [2.45, 2.75) is 12.6 Å². The first-order valence-corrected chi connectivity index (χ1v) is 6.42. The van der Waals surface area contributed by atoms with Crippen LogP contribution in [0.4, 0.5) is 0 Å². The molecule has 1 aliphatic rings. The molecule has 1 saturated heterocycles. The van der Waals surface area contributed by atoms with Gasteiger partial charge in [0, 0.05) is 37.9 Å². The summed E-state index contributed by atoms with van der Waals surface area (Å²) < 4.78 is 5.59. The van der Waals surface area contributed by atoms with E-state index in [2.05, 4.69) is 15.2 Å². The molecule has 6 nitrogen and oxygen atoms in total. The van der Waals surface area contributed by atoms with Gasteiger partial charge in [0.25, 0.3) is 5.91 Å². The molecule has 1 aliphatic heterocycles. The molecule has 6 heteroatoms. The Morgan fingerprint density at radius 1 is 1.68 bits per heavy atom. The third-order valence-electron chi connectivity index (χ3n) is 3.12. The average Bonchev–Trinajstić information content (AvgIpc) is 2.45. The second-order valence-electron chi connectivity index (χ2n) is 4.71. The normalized spacial score (nSPS) is 20.2. The molecule has 1 atom stereocenters. The lowest BCUT2D eigenvalue weighted by atomic mass is 10.2. The lowest BCUT2D eigenvalue weighted by molar-refractivity contribution is -0.0175. The quantitative estimate of drug-likeness (QED) is 0.773. The standard InChI is InChI=1S/C13H20N4O2/c1-17-4-5-19-12(9-17)8-16-13(18)10-2-3-15-11(6-10)7-14/h2-3,6,12H,4-5,7-9,14H2,1H3,(H,16,18). The number of morpholine rings is 1. The third kappa shape index (κ3) is 3.99. The van der Waals surface area contributed by atoms with Gasteiger partial charge in [0.1, 0.15) is 0 Å². The minimum absolute atomic E-state index is 0.0542. The molecule has 19 heavy (non-hydrogen) atoms. The molecular weight excluding hydrogens is 244 g/mol. The molecule has 1 unspecified atom stereocenters. The number of amides is 1. The smallest absolute Gasteiger partial charge is 0.251 e. The minimum Gasteiger partial charge on any atom is -0.374 e. The number of likely N-dealkylation sites (N-methyl/N-ethyl adjacent to an activating group) is 1. The molecule has 2 rings (SSSR count). The Bertz CT molecular complexity index is 438. The second kappa shape index (κ2) is 6.60. The van der Waals surface area contributed by atoms with E-state index in [9.17, 15) is 4.79 Å². The highest BCUT2D eigenvalue weighted by Gasteiger charge is 2.18. The maximum absolute atomic E-state index is 12.0. The summed E-state index contributed by atoms with van der Waals surface area (Å²) >= 11 is 0. The number of pyridine rings is 1. The van der Waals surface area contributed by atoms with Gasteiger partial charge in [-0.15, -0.1) is 0 Å². The zero-order valence-corrected chi connectivity index (χ0v) is 11.1. The Kier molecular flexibility index (Phi) is 4.84. The van der Waals surface area contributed by atoms with Gasteiger partial charge in [-0.25, -0.2) is 0 Å². The van der Waals surface area contributed by atoms with E-state index in [1.54, 1.807) is 18.3 Å². The number of hydrogen-bond acceptors (Lipinski definition) is 5. The molecule has 1 aromatic rings. The number of carbonyl (C=O) groups is 1. The largest absolute Gasteiger partial charge is 0.374 e. The van der Waals surface area contributed by atoms with E-state index < -0.39 is 0 Å². The Morgan fingerprint density at radius 3 is 3.26 bits per heavy atom. The Balaban J connectivity index is 1.86. The monoisotopic (exact) mass is 264 g/mol. The van der Waals surface area contributed by atoms with Crippen molar-refractivity contribution in [2.24, 2.45) is 5.73 Å². The van der Waals surface area contributed by atoms with E-state index in [0.717, 1.165) is 13.1 Å². The number of nitrogens with one attached hydrogen (secondary N) is 1. The molecule has 2 heterocycles. The van der Waals surface area contributed by atoms with Crippen molar-refractivity contribution >= 4 is 5.91 Å². The molecule has 1 aromatic heterocycles. The molecular formula is C13H20N4O2. The fourth-order valence-electron chi connectivity index (χ4n) is 2.03. The van der Waals surface area contributed by atoms with Crippen molar-refractivity contribution < 1.29 is 9.53 Å². The minimum atomic E-state index is -0.117. The summed E-state index contributed by atoms with van der Waals surface area (Å²) in [5, 5.41) is 2.88. The Labute approximate surface area is 112 Å². The molecule has 104 valence electrons. The predicted molar refractivity (Wildman–Crippen MR) is 71.7 cm³/mol. The van der Waals surface area contributed by atoms with Crippen molar-refractivity contribution in [2.75, 3.05) is 33.3 Å². The van der Waals surface area contributed by atoms with E-state index in [0.29, 0.717) is 31.0 Å². The van der Waals surface area contributed by atoms with Crippen LogP contribution in [0.3, 0.4) is 0 Å². The van der Waals surface area contributed by atoms with Crippen LogP contribution in [0, 0.1) is 0 Å². The zero-order chi connectivity index (χ0) is 13.7. The number of carbonyl (C=O) groups excluding carboxylic acids is 1. The van der Waals surface area contributed by atoms with E-state index in [1.807, 2.05) is 7.05 Å². The summed E-state index contributed by atoms with van der Waals surface area (Å²) in [5.41, 5.74) is 6.80. The van der Waals surface area contributed by atoms with Gasteiger partial charge in [0.2, 0.25) is 0 Å². The van der Waals surface area contributed by atoms with Crippen molar-refractivity contribution in [3.63, 3.8) is 0 Å². The van der Waals surface area contributed by atoms with Gasteiger partial charge in [0.05, 0.1) is 18.4 Å². The van der Waals surface area contributed by atoms with Gasteiger partial charge < -0.3 is 20.7 Å². The molecule has 0 aromatic carbocycles. The van der Waals surface area contributed by atoms with Crippen LogP contribution in [0.15, 0.2) is 18.3 Å². The lowest BCUT2D eigenvalue weighted by Crippen LogP contribution is -2.45. The fourth-order valence-corrected chi connectivity index (χ4v) is 2.03. The molecule has 1 amide bonds. The second-order valence-corrected chi connectivity index (χ2v) is 4.71. The summed E-state index contributed by atoms with van der Waals surface area (Å²) in [7, 11) is 2.05. The highest BCUT2D eigenvalue weighted by molar-refractivity contribution is 5.94. The van der Waals surface area contributed by atoms with Gasteiger partial charge in [-0.05, 0) is 19.2 Å². The zero-order valence-electron chi connectivity index (χ0n) is 11.1. The Hall–Kier alpha value is -1.50. The average molecular weight is 264 g/mol. The van der Waals surface area contributed by atoms with E-state index in [1.165, 1.54) is 0 Å². The topological polar surface area (TPSA) is 80.5 Å². The van der Waals surface area contributed by atoms with Crippen molar-refractivity contribution in [1.82, 2.24) is 15.2 Å². The molecule has 0 spiro atoms. The van der Waals surface area contributed by atoms with Crippen molar-refractivity contribution in [3.8, 4) is 0 Å². The summed E-state index contributed by atoms with van der Waals surface area (Å²) in [6.45, 7) is 3.34. The molecule has 0 radical (unpaired) electrons. The lowest BCUT2D eigenvalue weighted by Gasteiger charge is -2.30. The number of nitrogens with two attached hydrogens (primary N) is 1. The number of ether oxygens (including phenoxy) is 1. The van der Waals surface area contributed by atoms with Gasteiger partial charge in [-0.3, -0.25) is 9.78 Å². The van der Waals surface area contributed by atoms with Crippen molar-refractivity contribution in [3.05, 3.63) is 29.6 Å². The molecule has 3 N–H and O–H groups in total. The molecule has 1 fully saturated rings. The molecule has 0 aliphatic carbocycles. The first-order chi connectivity index (χ1) is 9.19. The fraction of sp³-hybridized carbons (Fsp3) is 0.538. The van der Waals surface area contributed by atoms with Crippen LogP contribution < -0.4 is 11.1 Å². The highest BCUT2D eigenvalue weighted by Crippen LogP contribution is 2.04. The number of aromatic nitrogens is 1. The molecule has 0 saturated carbocycles. The third-order valence-corrected chi connectivity index (χ3v) is 3.12. The van der Waals surface area contributed by atoms with E-state index in [-0.39, 0.29) is 12.0 Å². The molecule has 0 bridgehead atoms. The first-order valence-electron chi connectivity index (χ1n) is 6.42. The van der Waals surface area contributed by atoms with Gasteiger partial charge >= 0.3 is 0 Å². The number of rotatable bonds is 4. The van der Waals surface area contributed by atoms with Gasteiger partial charge in [-0.1, -0.05) is 0 Å². The van der Waals surface area contributed by atoms with E-state index in [4.69, 9.17) is 10.5 Å². The summed E-state index contributed by atoms with van der Waals surface area (Å²) in [5.74, 6) is -0.117.